The number of benzene rings is 4. The highest BCUT2D eigenvalue weighted by Crippen LogP contribution is 2.38. The van der Waals surface area contributed by atoms with Crippen molar-refractivity contribution in [1.29, 1.82) is 0 Å². The smallest absolute Gasteiger partial charge is 0.231 e. The first-order valence-corrected chi connectivity index (χ1v) is 12.7. The highest BCUT2D eigenvalue weighted by Gasteiger charge is 2.18. The highest BCUT2D eigenvalue weighted by molar-refractivity contribution is 5.93. The van der Waals surface area contributed by atoms with Crippen LogP contribution in [0.15, 0.2) is 114 Å². The van der Waals surface area contributed by atoms with Crippen LogP contribution in [0.1, 0.15) is 26.3 Å². The van der Waals surface area contributed by atoms with Gasteiger partial charge in [0.15, 0.2) is 5.58 Å². The van der Waals surface area contributed by atoms with Gasteiger partial charge in [0.25, 0.3) is 0 Å². The van der Waals surface area contributed by atoms with E-state index in [4.69, 9.17) is 9.40 Å². The number of aromatic nitrogens is 2. The van der Waals surface area contributed by atoms with Crippen LogP contribution in [0.5, 0.6) is 5.75 Å². The largest absolute Gasteiger partial charge is 0.507 e. The van der Waals surface area contributed by atoms with Crippen LogP contribution in [0.2, 0.25) is 0 Å². The van der Waals surface area contributed by atoms with E-state index in [1.54, 1.807) is 6.07 Å². The van der Waals surface area contributed by atoms with E-state index in [-0.39, 0.29) is 11.2 Å². The van der Waals surface area contributed by atoms with Crippen LogP contribution < -0.4 is 0 Å². The normalized spacial score (nSPS) is 11.7. The van der Waals surface area contributed by atoms with E-state index in [0.717, 1.165) is 39.0 Å². The van der Waals surface area contributed by atoms with Gasteiger partial charge < -0.3 is 9.52 Å². The first-order valence-electron chi connectivity index (χ1n) is 12.7. The lowest BCUT2D eigenvalue weighted by molar-refractivity contribution is 0.474. The van der Waals surface area contributed by atoms with Crippen molar-refractivity contribution in [1.82, 2.24) is 9.97 Å². The van der Waals surface area contributed by atoms with E-state index in [1.165, 1.54) is 5.56 Å². The average molecular weight is 497 g/mol. The summed E-state index contributed by atoms with van der Waals surface area (Å²) in [6.07, 6.45) is 1.88. The molecule has 0 fully saturated rings. The molecular weight excluding hydrogens is 468 g/mol. The summed E-state index contributed by atoms with van der Waals surface area (Å²) in [6.45, 7) is 6.62. The molecule has 186 valence electrons. The Morgan fingerprint density at radius 3 is 2.24 bits per heavy atom. The Hall–Kier alpha value is -4.70. The quantitative estimate of drug-likeness (QED) is 0.265. The van der Waals surface area contributed by atoms with Crippen molar-refractivity contribution in [3.63, 3.8) is 0 Å². The molecule has 2 heterocycles. The van der Waals surface area contributed by atoms with Gasteiger partial charge >= 0.3 is 0 Å². The van der Waals surface area contributed by atoms with Crippen molar-refractivity contribution in [2.75, 3.05) is 0 Å². The molecule has 4 nitrogen and oxygen atoms in total. The minimum atomic E-state index is 0.0430. The topological polar surface area (TPSA) is 59.2 Å². The lowest BCUT2D eigenvalue weighted by Gasteiger charge is -2.19. The summed E-state index contributed by atoms with van der Waals surface area (Å²) in [7, 11) is 0. The van der Waals surface area contributed by atoms with Crippen molar-refractivity contribution in [2.45, 2.75) is 26.2 Å². The molecule has 4 heteroatoms. The van der Waals surface area contributed by atoms with Gasteiger partial charge in [-0.15, -0.1) is 0 Å². The SMILES string of the molecule is CC(C)(C)c1ccnc(-c2cccc(-c3cccc4oc(-c5cc(-c6ccccc6)ccc5O)nc34)c2)c1. The van der Waals surface area contributed by atoms with E-state index in [1.807, 2.05) is 72.9 Å². The Morgan fingerprint density at radius 1 is 0.658 bits per heavy atom. The molecule has 0 aliphatic carbocycles. The Kier molecular flexibility index (Phi) is 5.80. The highest BCUT2D eigenvalue weighted by atomic mass is 16.3. The van der Waals surface area contributed by atoms with E-state index in [2.05, 4.69) is 56.1 Å². The van der Waals surface area contributed by atoms with Gasteiger partial charge in [-0.1, -0.05) is 87.5 Å². The van der Waals surface area contributed by atoms with E-state index < -0.39 is 0 Å². The number of nitrogens with zero attached hydrogens (tertiary/aromatic N) is 2. The third-order valence-corrected chi connectivity index (χ3v) is 6.85. The zero-order valence-electron chi connectivity index (χ0n) is 21.6. The minimum Gasteiger partial charge on any atom is -0.507 e. The molecule has 1 N–H and O–H groups in total. The second-order valence-corrected chi connectivity index (χ2v) is 10.5. The number of para-hydroxylation sites is 1. The van der Waals surface area contributed by atoms with Gasteiger partial charge in [-0.25, -0.2) is 4.98 Å². The maximum Gasteiger partial charge on any atom is 0.231 e. The second-order valence-electron chi connectivity index (χ2n) is 10.5. The van der Waals surface area contributed by atoms with Gasteiger partial charge in [0.1, 0.15) is 11.3 Å². The van der Waals surface area contributed by atoms with E-state index in [9.17, 15) is 5.11 Å². The molecule has 0 aliphatic rings. The molecule has 0 saturated heterocycles. The molecule has 4 aromatic carbocycles. The van der Waals surface area contributed by atoms with Crippen molar-refractivity contribution < 1.29 is 9.52 Å². The predicted molar refractivity (Wildman–Crippen MR) is 154 cm³/mol. The zero-order valence-corrected chi connectivity index (χ0v) is 21.6. The number of aromatic hydroxyl groups is 1. The third-order valence-electron chi connectivity index (χ3n) is 6.85. The van der Waals surface area contributed by atoms with Gasteiger partial charge in [0.2, 0.25) is 5.89 Å². The van der Waals surface area contributed by atoms with Crippen LogP contribution in [-0.4, -0.2) is 15.1 Å². The Balaban J connectivity index is 1.43. The molecule has 0 aliphatic heterocycles. The molecule has 6 rings (SSSR count). The summed E-state index contributed by atoms with van der Waals surface area (Å²) in [6, 6.07) is 34.1. The summed E-state index contributed by atoms with van der Waals surface area (Å²) in [5.41, 5.74) is 9.28. The fourth-order valence-corrected chi connectivity index (χ4v) is 4.72. The molecule has 0 bridgehead atoms. The van der Waals surface area contributed by atoms with Crippen LogP contribution in [0.4, 0.5) is 0 Å². The first-order chi connectivity index (χ1) is 18.4. The van der Waals surface area contributed by atoms with E-state index in [0.29, 0.717) is 17.0 Å². The summed E-state index contributed by atoms with van der Waals surface area (Å²) >= 11 is 0. The third kappa shape index (κ3) is 4.46. The monoisotopic (exact) mass is 496 g/mol. The number of hydrogen-bond acceptors (Lipinski definition) is 4. The number of fused-ring (bicyclic) bond motifs is 1. The Labute approximate surface area is 222 Å². The van der Waals surface area contributed by atoms with Gasteiger partial charge in [-0.05, 0) is 64.1 Å². The molecule has 38 heavy (non-hydrogen) atoms. The summed E-state index contributed by atoms with van der Waals surface area (Å²) in [5, 5.41) is 10.7. The van der Waals surface area contributed by atoms with Gasteiger partial charge in [-0.2, -0.15) is 0 Å². The maximum atomic E-state index is 10.7. The molecule has 0 spiro atoms. The molecule has 0 unspecified atom stereocenters. The number of rotatable bonds is 4. The molecule has 2 aromatic heterocycles. The van der Waals surface area contributed by atoms with Crippen molar-refractivity contribution >= 4 is 11.1 Å². The molecule has 6 aromatic rings. The number of oxazole rings is 1. The van der Waals surface area contributed by atoms with E-state index >= 15 is 0 Å². The van der Waals surface area contributed by atoms with Gasteiger partial charge in [0.05, 0.1) is 11.3 Å². The number of hydrogen-bond donors (Lipinski definition) is 1. The molecular formula is C34H28N2O2. The molecule has 0 atom stereocenters. The summed E-state index contributed by atoms with van der Waals surface area (Å²) in [5.74, 6) is 0.517. The fourth-order valence-electron chi connectivity index (χ4n) is 4.72. The van der Waals surface area contributed by atoms with Crippen molar-refractivity contribution in [3.8, 4) is 50.7 Å². The lowest BCUT2D eigenvalue weighted by Crippen LogP contribution is -2.11. The number of pyridine rings is 1. The fraction of sp³-hybridized carbons (Fsp3) is 0.118. The van der Waals surface area contributed by atoms with Gasteiger partial charge in [0, 0.05) is 17.3 Å². The Morgan fingerprint density at radius 2 is 1.42 bits per heavy atom. The molecule has 0 saturated carbocycles. The second kappa shape index (κ2) is 9.31. The average Bonchev–Trinajstić information content (AvgIpc) is 3.38. The zero-order chi connectivity index (χ0) is 26.3. The van der Waals surface area contributed by atoms with Crippen LogP contribution in [0, 0.1) is 0 Å². The van der Waals surface area contributed by atoms with Crippen LogP contribution in [0.3, 0.4) is 0 Å². The van der Waals surface area contributed by atoms with Crippen LogP contribution in [0.25, 0.3) is 56.1 Å². The standard InChI is InChI=1S/C34H28N2O2/c1-34(2,3)26-17-18-35-29(21-26)25-12-7-11-24(19-25)27-13-8-14-31-32(27)36-33(38-31)28-20-23(15-16-30(28)37)22-9-5-4-6-10-22/h4-21,37H,1-3H3. The Bertz CT molecular complexity index is 1760. The van der Waals surface area contributed by atoms with Crippen LogP contribution in [-0.2, 0) is 5.41 Å². The molecule has 0 radical (unpaired) electrons. The number of phenols is 1. The maximum absolute atomic E-state index is 10.7. The number of phenolic OH excluding ortho intramolecular Hbond substituents is 1. The van der Waals surface area contributed by atoms with Crippen molar-refractivity contribution in [3.05, 3.63) is 115 Å². The first kappa shape index (κ1) is 23.7. The lowest BCUT2D eigenvalue weighted by atomic mass is 9.87. The molecule has 0 amide bonds. The van der Waals surface area contributed by atoms with Gasteiger partial charge in [-0.3, -0.25) is 4.98 Å². The summed E-state index contributed by atoms with van der Waals surface area (Å²) < 4.78 is 6.17. The van der Waals surface area contributed by atoms with Crippen molar-refractivity contribution in [2.24, 2.45) is 0 Å². The summed E-state index contributed by atoms with van der Waals surface area (Å²) in [4.78, 5) is 9.51. The minimum absolute atomic E-state index is 0.0430. The predicted octanol–water partition coefficient (Wildman–Crippen LogP) is 8.89. The van der Waals surface area contributed by atoms with Crippen LogP contribution >= 0.6 is 0 Å².